The number of piperidine rings is 1. The lowest BCUT2D eigenvalue weighted by Crippen LogP contribution is -2.47. The van der Waals surface area contributed by atoms with Crippen molar-refractivity contribution in [1.29, 1.82) is 5.26 Å². The molecule has 0 radical (unpaired) electrons. The van der Waals surface area contributed by atoms with Crippen LogP contribution in [0.15, 0.2) is 18.3 Å². The molecule has 24 heavy (non-hydrogen) atoms. The van der Waals surface area contributed by atoms with E-state index in [1.165, 1.54) is 4.90 Å². The van der Waals surface area contributed by atoms with Gasteiger partial charge in [0, 0.05) is 32.3 Å². The van der Waals surface area contributed by atoms with Gasteiger partial charge in [-0.1, -0.05) is 13.8 Å². The molecule has 0 spiro atoms. The normalized spacial score (nSPS) is 18.6. The third-order valence-corrected chi connectivity index (χ3v) is 4.67. The van der Waals surface area contributed by atoms with Gasteiger partial charge in [-0.2, -0.15) is 5.26 Å². The zero-order chi connectivity index (χ0) is 17.7. The number of nitrogens with zero attached hydrogens (tertiary/aromatic N) is 4. The lowest BCUT2D eigenvalue weighted by Gasteiger charge is -2.35. The molecule has 1 saturated heterocycles. The zero-order valence-corrected chi connectivity index (χ0v) is 14.5. The number of aromatic nitrogens is 1. The number of amides is 2. The lowest BCUT2D eigenvalue weighted by molar-refractivity contribution is -0.138. The van der Waals surface area contributed by atoms with Crippen LogP contribution in [-0.2, 0) is 9.59 Å². The fraction of sp³-hybridized carbons (Fsp3) is 0.556. The Kier molecular flexibility index (Phi) is 5.91. The van der Waals surface area contributed by atoms with E-state index in [4.69, 9.17) is 0 Å². The smallest absolute Gasteiger partial charge is 0.232 e. The van der Waals surface area contributed by atoms with Crippen LogP contribution in [0.4, 0.5) is 5.82 Å². The van der Waals surface area contributed by atoms with Gasteiger partial charge in [0.2, 0.25) is 11.8 Å². The Morgan fingerprint density at radius 2 is 2.29 bits per heavy atom. The van der Waals surface area contributed by atoms with Crippen LogP contribution in [0.1, 0.15) is 38.7 Å². The first-order valence-electron chi connectivity index (χ1n) is 8.41. The summed E-state index contributed by atoms with van der Waals surface area (Å²) in [5.41, 5.74) is 0.372. The number of carbonyl (C=O) groups excluding carboxylic acids is 2. The topological polar surface area (TPSA) is 77.3 Å². The SMILES string of the molecule is CC[C@H](C)C(=O)N1CCC[C@H](C(=O)N(C)c2ncccc2C#N)C1. The number of anilines is 1. The predicted molar refractivity (Wildman–Crippen MR) is 91.1 cm³/mol. The molecule has 0 unspecified atom stereocenters. The average molecular weight is 328 g/mol. The number of carbonyl (C=O) groups is 2. The summed E-state index contributed by atoms with van der Waals surface area (Å²) in [5.74, 6) is 0.137. The van der Waals surface area contributed by atoms with Crippen LogP contribution in [0.3, 0.4) is 0 Å². The molecule has 2 amide bonds. The van der Waals surface area contributed by atoms with E-state index >= 15 is 0 Å². The number of hydrogen-bond acceptors (Lipinski definition) is 4. The molecule has 0 aliphatic carbocycles. The maximum Gasteiger partial charge on any atom is 0.232 e. The highest BCUT2D eigenvalue weighted by atomic mass is 16.2. The summed E-state index contributed by atoms with van der Waals surface area (Å²) in [6, 6.07) is 5.38. The van der Waals surface area contributed by atoms with E-state index in [0.29, 0.717) is 24.5 Å². The molecule has 0 bridgehead atoms. The molecular formula is C18H24N4O2. The van der Waals surface area contributed by atoms with Crippen molar-refractivity contribution in [2.24, 2.45) is 11.8 Å². The lowest BCUT2D eigenvalue weighted by atomic mass is 9.95. The van der Waals surface area contributed by atoms with Crippen LogP contribution < -0.4 is 4.90 Å². The number of nitriles is 1. The first-order chi connectivity index (χ1) is 11.5. The molecular weight excluding hydrogens is 304 g/mol. The number of rotatable bonds is 4. The number of pyridine rings is 1. The van der Waals surface area contributed by atoms with Gasteiger partial charge in [-0.05, 0) is 31.4 Å². The second-order valence-electron chi connectivity index (χ2n) is 6.32. The molecule has 2 heterocycles. The van der Waals surface area contributed by atoms with E-state index in [2.05, 4.69) is 11.1 Å². The second kappa shape index (κ2) is 7.91. The molecule has 2 rings (SSSR count). The molecule has 6 heteroatoms. The quantitative estimate of drug-likeness (QED) is 0.849. The minimum atomic E-state index is -0.245. The summed E-state index contributed by atoms with van der Waals surface area (Å²) in [5, 5.41) is 9.18. The summed E-state index contributed by atoms with van der Waals surface area (Å²) in [6.07, 6.45) is 3.94. The molecule has 0 N–H and O–H groups in total. The highest BCUT2D eigenvalue weighted by Crippen LogP contribution is 2.24. The minimum absolute atomic E-state index is 0.0161. The van der Waals surface area contributed by atoms with Gasteiger partial charge in [-0.25, -0.2) is 4.98 Å². The Bertz CT molecular complexity index is 653. The molecule has 6 nitrogen and oxygen atoms in total. The minimum Gasteiger partial charge on any atom is -0.342 e. The van der Waals surface area contributed by atoms with Crippen molar-refractivity contribution in [3.05, 3.63) is 23.9 Å². The molecule has 1 fully saturated rings. The van der Waals surface area contributed by atoms with Crippen molar-refractivity contribution in [3.63, 3.8) is 0 Å². The van der Waals surface area contributed by atoms with Gasteiger partial charge in [-0.3, -0.25) is 14.5 Å². The summed E-state index contributed by atoms with van der Waals surface area (Å²) in [4.78, 5) is 32.6. The van der Waals surface area contributed by atoms with Crippen LogP contribution in [0.5, 0.6) is 0 Å². The van der Waals surface area contributed by atoms with Crippen LogP contribution in [0.2, 0.25) is 0 Å². The van der Waals surface area contributed by atoms with E-state index in [0.717, 1.165) is 19.3 Å². The van der Waals surface area contributed by atoms with Gasteiger partial charge >= 0.3 is 0 Å². The first-order valence-corrected chi connectivity index (χ1v) is 8.41. The zero-order valence-electron chi connectivity index (χ0n) is 14.5. The van der Waals surface area contributed by atoms with Gasteiger partial charge in [0.15, 0.2) is 5.82 Å². The molecule has 1 aliphatic rings. The van der Waals surface area contributed by atoms with Crippen molar-refractivity contribution in [1.82, 2.24) is 9.88 Å². The molecule has 1 aromatic rings. The van der Waals surface area contributed by atoms with Gasteiger partial charge < -0.3 is 4.90 Å². The Hall–Kier alpha value is -2.42. The fourth-order valence-corrected chi connectivity index (χ4v) is 2.99. The van der Waals surface area contributed by atoms with E-state index < -0.39 is 0 Å². The molecule has 1 aromatic heterocycles. The standard InChI is InChI=1S/C18H24N4O2/c1-4-13(2)17(23)22-10-6-8-15(12-22)18(24)21(3)16-14(11-19)7-5-9-20-16/h5,7,9,13,15H,4,6,8,10,12H2,1-3H3/t13-,15-/m0/s1. The largest absolute Gasteiger partial charge is 0.342 e. The average Bonchev–Trinajstić information content (AvgIpc) is 2.65. The van der Waals surface area contributed by atoms with Crippen LogP contribution >= 0.6 is 0 Å². The summed E-state index contributed by atoms with van der Waals surface area (Å²) in [7, 11) is 1.64. The van der Waals surface area contributed by atoms with Crippen LogP contribution in [0, 0.1) is 23.2 Å². The van der Waals surface area contributed by atoms with E-state index in [9.17, 15) is 14.9 Å². The second-order valence-corrected chi connectivity index (χ2v) is 6.32. The summed E-state index contributed by atoms with van der Waals surface area (Å²) >= 11 is 0. The van der Waals surface area contributed by atoms with Gasteiger partial charge in [-0.15, -0.1) is 0 Å². The van der Waals surface area contributed by atoms with E-state index in [-0.39, 0.29) is 23.7 Å². The highest BCUT2D eigenvalue weighted by Gasteiger charge is 2.32. The number of likely N-dealkylation sites (tertiary alicyclic amines) is 1. The van der Waals surface area contributed by atoms with E-state index in [1.807, 2.05) is 13.8 Å². The molecule has 1 aliphatic heterocycles. The predicted octanol–water partition coefficient (Wildman–Crippen LogP) is 2.20. The Labute approximate surface area is 143 Å². The van der Waals surface area contributed by atoms with Crippen LogP contribution in [0.25, 0.3) is 0 Å². The van der Waals surface area contributed by atoms with Gasteiger partial charge in [0.25, 0.3) is 0 Å². The molecule has 0 aromatic carbocycles. The molecule has 0 saturated carbocycles. The first kappa shape index (κ1) is 17.9. The van der Waals surface area contributed by atoms with Crippen molar-refractivity contribution in [2.75, 3.05) is 25.0 Å². The third-order valence-electron chi connectivity index (χ3n) is 4.67. The molecule has 2 atom stereocenters. The Morgan fingerprint density at radius 1 is 1.54 bits per heavy atom. The van der Waals surface area contributed by atoms with Crippen molar-refractivity contribution >= 4 is 17.6 Å². The Morgan fingerprint density at radius 3 is 2.96 bits per heavy atom. The molecule has 128 valence electrons. The summed E-state index contributed by atoms with van der Waals surface area (Å²) < 4.78 is 0. The van der Waals surface area contributed by atoms with Crippen molar-refractivity contribution in [3.8, 4) is 6.07 Å². The van der Waals surface area contributed by atoms with E-state index in [1.54, 1.807) is 30.3 Å². The van der Waals surface area contributed by atoms with Crippen LogP contribution in [-0.4, -0.2) is 41.8 Å². The fourth-order valence-electron chi connectivity index (χ4n) is 2.99. The summed E-state index contributed by atoms with van der Waals surface area (Å²) in [6.45, 7) is 5.07. The Balaban J connectivity index is 2.11. The van der Waals surface area contributed by atoms with Crippen molar-refractivity contribution < 1.29 is 9.59 Å². The van der Waals surface area contributed by atoms with Gasteiger partial charge in [0.1, 0.15) is 6.07 Å². The maximum absolute atomic E-state index is 12.8. The van der Waals surface area contributed by atoms with Gasteiger partial charge in [0.05, 0.1) is 11.5 Å². The monoisotopic (exact) mass is 328 g/mol. The third kappa shape index (κ3) is 3.73. The van der Waals surface area contributed by atoms with Crippen molar-refractivity contribution in [2.45, 2.75) is 33.1 Å². The highest BCUT2D eigenvalue weighted by molar-refractivity contribution is 5.95. The number of hydrogen-bond donors (Lipinski definition) is 0. The maximum atomic E-state index is 12.8.